The molecule has 5 heterocycles. The molecule has 2 aromatic heterocycles. The maximum Gasteiger partial charge on any atom is 0.333 e. The Bertz CT molecular complexity index is 2480. The zero-order valence-corrected chi connectivity index (χ0v) is 41.4. The van der Waals surface area contributed by atoms with Gasteiger partial charge in [0, 0.05) is 47.9 Å². The highest BCUT2D eigenvalue weighted by Gasteiger charge is 2.67. The Morgan fingerprint density at radius 3 is 1.89 bits per heavy atom. The highest BCUT2D eigenvalue weighted by atomic mass is 32.2. The van der Waals surface area contributed by atoms with Gasteiger partial charge in [-0.1, -0.05) is 59.5 Å². The number of hydrogen-bond acceptors (Lipinski definition) is 14. The van der Waals surface area contributed by atoms with E-state index in [9.17, 15) is 32.7 Å². The Morgan fingerprint density at radius 1 is 0.889 bits per heavy atom. The Labute approximate surface area is 370 Å². The molecular weight excluding hydrogens is 873 g/mol. The minimum absolute atomic E-state index is 0.0321. The average Bonchev–Trinajstić information content (AvgIpc) is 3.79. The summed E-state index contributed by atoms with van der Waals surface area (Å²) in [5.41, 5.74) is 11.8. The van der Waals surface area contributed by atoms with Crippen LogP contribution in [0.5, 0.6) is 0 Å². The smallest absolute Gasteiger partial charge is 0.333 e. The lowest BCUT2D eigenvalue weighted by atomic mass is 9.89. The van der Waals surface area contributed by atoms with Gasteiger partial charge in [0.25, 0.3) is 21.2 Å². The van der Waals surface area contributed by atoms with Crippen molar-refractivity contribution >= 4 is 26.8 Å². The van der Waals surface area contributed by atoms with Gasteiger partial charge in [-0.05, 0) is 68.5 Å². The summed E-state index contributed by atoms with van der Waals surface area (Å²) in [4.78, 5) is 57.5. The molecule has 0 aliphatic carbocycles. The molecule has 20 nitrogen and oxygen atoms in total. The van der Waals surface area contributed by atoms with Crippen molar-refractivity contribution in [3.8, 4) is 0 Å². The molecule has 1 spiro atoms. The number of rotatable bonds is 16. The molecule has 0 aromatic carbocycles. The molecule has 63 heavy (non-hydrogen) atoms. The van der Waals surface area contributed by atoms with Crippen LogP contribution >= 0.6 is 0 Å². The molecule has 0 saturated carbocycles. The van der Waals surface area contributed by atoms with E-state index in [1.54, 1.807) is 13.8 Å². The Hall–Kier alpha value is -3.65. The van der Waals surface area contributed by atoms with Gasteiger partial charge in [0.2, 0.25) is 0 Å². The SMILES string of the molecule is Cc1cn([C@@H]2O[C@H](CO[Si](C)(C)C(C)(C)C)[C@@]3(OS(=O)(=O)C=C3N)[C@H]2O[Si](C)(C)C(C)(C)C)c(=O)n(CCCCCCn2c(=O)c(C)cn([C@H]3C[C@H](N=[N+]=[N-])[C@@H](CO)O3)c2=O)c1=O. The van der Waals surface area contributed by atoms with Crippen molar-refractivity contribution in [3.05, 3.63) is 86.7 Å². The fourth-order valence-electron chi connectivity index (χ4n) is 7.64. The number of nitrogens with zero attached hydrogens (tertiary/aromatic N) is 7. The van der Waals surface area contributed by atoms with Crippen LogP contribution in [0.2, 0.25) is 36.3 Å². The van der Waals surface area contributed by atoms with Gasteiger partial charge < -0.3 is 29.2 Å². The van der Waals surface area contributed by atoms with Gasteiger partial charge in [-0.15, -0.1) is 0 Å². The lowest BCUT2D eigenvalue weighted by molar-refractivity contribution is -0.0567. The van der Waals surface area contributed by atoms with E-state index >= 15 is 0 Å². The predicted molar refractivity (Wildman–Crippen MR) is 241 cm³/mol. The van der Waals surface area contributed by atoms with Crippen molar-refractivity contribution < 1.29 is 36.0 Å². The fourth-order valence-corrected chi connectivity index (χ4v) is 11.2. The van der Waals surface area contributed by atoms with Crippen molar-refractivity contribution in [2.45, 2.75) is 179 Å². The number of aliphatic hydroxyl groups excluding tert-OH is 1. The van der Waals surface area contributed by atoms with E-state index in [0.29, 0.717) is 31.2 Å². The van der Waals surface area contributed by atoms with Gasteiger partial charge >= 0.3 is 11.4 Å². The number of azide groups is 1. The van der Waals surface area contributed by atoms with Crippen molar-refractivity contribution in [3.63, 3.8) is 0 Å². The largest absolute Gasteiger partial charge is 0.414 e. The standard InChI is InChI=1S/C40H66N8O12SSi2/c1-25-20-47(31-19-27(43-44-42)28(22-49)57-31)36(52)45(33(25)50)17-15-13-14-16-18-46-34(51)26(2)21-48(37(46)53)35-32(59-63(11,12)39(6,7)8)40(29(41)24-61(54,55)60-40)30(58-35)23-56-62(9,10)38(3,4)5/h20-21,24,27-28,30-32,35,49H,13-19,22-23,41H2,1-12H3/t27-,28+,30+,31+,32-,35+,40+/m0/s1. The molecule has 2 aromatic rings. The quantitative estimate of drug-likeness (QED) is 0.0592. The molecule has 0 bridgehead atoms. The van der Waals surface area contributed by atoms with Crippen LogP contribution in [0.3, 0.4) is 0 Å². The summed E-state index contributed by atoms with van der Waals surface area (Å²) in [6.45, 7) is 23.1. The highest BCUT2D eigenvalue weighted by molar-refractivity contribution is 7.90. The summed E-state index contributed by atoms with van der Waals surface area (Å²) in [5.74, 6) is 0. The first-order valence-electron chi connectivity index (χ1n) is 21.4. The van der Waals surface area contributed by atoms with Crippen molar-refractivity contribution in [2.75, 3.05) is 13.2 Å². The molecular formula is C40H66N8O12SSi2. The second-order valence-electron chi connectivity index (χ2n) is 20.0. The minimum atomic E-state index is -4.31. The van der Waals surface area contributed by atoms with Gasteiger partial charge in [0.15, 0.2) is 28.5 Å². The van der Waals surface area contributed by atoms with Gasteiger partial charge in [-0.25, -0.2) is 13.8 Å². The van der Waals surface area contributed by atoms with Crippen LogP contribution in [0, 0.1) is 13.8 Å². The first-order valence-corrected chi connectivity index (χ1v) is 28.7. The number of nitrogens with two attached hydrogens (primary N) is 1. The third-order valence-corrected chi connectivity index (χ3v) is 23.5. The van der Waals surface area contributed by atoms with Crippen molar-refractivity contribution in [2.24, 2.45) is 10.8 Å². The summed E-state index contributed by atoms with van der Waals surface area (Å²) in [7, 11) is -9.57. The monoisotopic (exact) mass is 938 g/mol. The van der Waals surface area contributed by atoms with Crippen LogP contribution in [-0.2, 0) is 45.7 Å². The van der Waals surface area contributed by atoms with Gasteiger partial charge in [0.1, 0.15) is 18.4 Å². The molecule has 0 unspecified atom stereocenters. The molecule has 3 aliphatic rings. The minimum Gasteiger partial charge on any atom is -0.414 e. The first-order chi connectivity index (χ1) is 29.0. The third-order valence-electron chi connectivity index (χ3n) is 13.5. The van der Waals surface area contributed by atoms with Crippen molar-refractivity contribution in [1.29, 1.82) is 0 Å². The lowest BCUT2D eigenvalue weighted by Gasteiger charge is -2.43. The number of ether oxygens (including phenoxy) is 2. The molecule has 0 radical (unpaired) electrons. The number of aromatic nitrogens is 4. The Balaban J connectivity index is 1.40. The molecule has 5 rings (SSSR count). The molecule has 3 N–H and O–H groups in total. The zero-order chi connectivity index (χ0) is 47.2. The number of aliphatic hydroxyl groups is 1. The van der Waals surface area contributed by atoms with E-state index in [0.717, 1.165) is 14.5 Å². The summed E-state index contributed by atoms with van der Waals surface area (Å²) in [6.07, 6.45) is -0.435. The summed E-state index contributed by atoms with van der Waals surface area (Å²) in [6, 6.07) is -0.679. The summed E-state index contributed by atoms with van der Waals surface area (Å²) >= 11 is 0. The number of aryl methyl sites for hydroxylation is 2. The lowest BCUT2D eigenvalue weighted by Crippen LogP contribution is -2.59. The molecule has 3 aliphatic heterocycles. The van der Waals surface area contributed by atoms with E-state index in [4.69, 9.17) is 33.8 Å². The normalized spacial score (nSPS) is 26.3. The second kappa shape index (κ2) is 18.3. The molecule has 0 amide bonds. The van der Waals surface area contributed by atoms with E-state index in [1.807, 2.05) is 33.9 Å². The molecule has 2 fully saturated rings. The van der Waals surface area contributed by atoms with Crippen LogP contribution in [0.4, 0.5) is 0 Å². The Kier molecular flexibility index (Phi) is 14.6. The van der Waals surface area contributed by atoms with Gasteiger partial charge in [-0.3, -0.25) is 27.9 Å². The molecule has 7 atom stereocenters. The van der Waals surface area contributed by atoms with Crippen LogP contribution in [0.15, 0.2) is 47.8 Å². The maximum absolute atomic E-state index is 14.5. The van der Waals surface area contributed by atoms with E-state index < -0.39 is 98.3 Å². The Morgan fingerprint density at radius 2 is 1.41 bits per heavy atom. The van der Waals surface area contributed by atoms with Gasteiger partial charge in [0.05, 0.1) is 36.5 Å². The molecule has 352 valence electrons. The van der Waals surface area contributed by atoms with Crippen LogP contribution < -0.4 is 28.2 Å². The van der Waals surface area contributed by atoms with Crippen LogP contribution in [0.1, 0.15) is 97.2 Å². The van der Waals surface area contributed by atoms with Crippen LogP contribution in [0.25, 0.3) is 10.4 Å². The predicted octanol–water partition coefficient (Wildman–Crippen LogP) is 4.38. The second-order valence-corrected chi connectivity index (χ2v) is 30.9. The summed E-state index contributed by atoms with van der Waals surface area (Å²) in [5, 5.41) is 13.6. The maximum atomic E-state index is 14.5. The van der Waals surface area contributed by atoms with E-state index in [1.165, 1.54) is 21.5 Å². The van der Waals surface area contributed by atoms with E-state index in [2.05, 4.69) is 43.9 Å². The van der Waals surface area contributed by atoms with E-state index in [-0.39, 0.29) is 47.5 Å². The highest BCUT2D eigenvalue weighted by Crippen LogP contribution is 2.52. The zero-order valence-electron chi connectivity index (χ0n) is 38.6. The van der Waals surface area contributed by atoms with Gasteiger partial charge in [-0.2, -0.15) is 8.42 Å². The topological polar surface area (TPSA) is 263 Å². The third kappa shape index (κ3) is 9.97. The number of unbranched alkanes of at least 4 members (excludes halogenated alkanes) is 3. The fraction of sp³-hybridized carbons (Fsp3) is 0.750. The first kappa shape index (κ1) is 50.4. The number of hydrogen-bond donors (Lipinski definition) is 2. The molecule has 23 heteroatoms. The molecule has 2 saturated heterocycles. The summed E-state index contributed by atoms with van der Waals surface area (Å²) < 4.78 is 63.3. The van der Waals surface area contributed by atoms with Crippen molar-refractivity contribution in [1.82, 2.24) is 18.3 Å². The van der Waals surface area contributed by atoms with Crippen LogP contribution in [-0.4, -0.2) is 91.6 Å². The average molecular weight is 939 g/mol.